The van der Waals surface area contributed by atoms with E-state index in [0.29, 0.717) is 17.5 Å². The second-order valence-electron chi connectivity index (χ2n) is 12.9. The predicted octanol–water partition coefficient (Wildman–Crippen LogP) is 9.65. The first-order valence-electron chi connectivity index (χ1n) is 16.1. The van der Waals surface area contributed by atoms with Gasteiger partial charge in [0.15, 0.2) is 17.5 Å². The van der Waals surface area contributed by atoms with Gasteiger partial charge < -0.3 is 0 Å². The van der Waals surface area contributed by atoms with Crippen LogP contribution in [-0.2, 0) is 0 Å². The van der Waals surface area contributed by atoms with Crippen molar-refractivity contribution >= 4 is 40.0 Å². The Bertz CT molecular complexity index is 2480. The fraction of sp³-hybridized carbons (Fsp3) is 0.0465. The van der Waals surface area contributed by atoms with Crippen LogP contribution in [-0.4, -0.2) is 23.0 Å². The minimum Gasteiger partial charge on any atom is -0.208 e. The number of hydrogen-bond acceptors (Lipinski definition) is 3. The molecule has 1 aliphatic rings. The zero-order valence-electron chi connectivity index (χ0n) is 26.3. The molecular weight excluding hydrogens is 587 g/mol. The second-order valence-corrected chi connectivity index (χ2v) is 17.2. The summed E-state index contributed by atoms with van der Waals surface area (Å²) in [5, 5.41) is 7.94. The highest BCUT2D eigenvalue weighted by Gasteiger charge is 2.39. The van der Waals surface area contributed by atoms with Crippen LogP contribution in [0.5, 0.6) is 0 Å². The molecule has 0 saturated heterocycles. The molecule has 222 valence electrons. The molecule has 0 radical (unpaired) electrons. The van der Waals surface area contributed by atoms with Gasteiger partial charge in [-0.15, -0.1) is 0 Å². The molecule has 0 N–H and O–H groups in total. The number of nitrogens with zero attached hydrogens (tertiary/aromatic N) is 3. The molecule has 0 aliphatic carbocycles. The minimum absolute atomic E-state index is 0.671. The Hall–Kier alpha value is -5.71. The summed E-state index contributed by atoms with van der Waals surface area (Å²) >= 11 is 0. The highest BCUT2D eigenvalue weighted by Crippen LogP contribution is 2.38. The Kier molecular flexibility index (Phi) is 6.27. The normalized spacial score (nSPS) is 13.1. The molecule has 1 aromatic heterocycles. The smallest absolute Gasteiger partial charge is 0.164 e. The van der Waals surface area contributed by atoms with Crippen LogP contribution in [0.15, 0.2) is 152 Å². The van der Waals surface area contributed by atoms with Crippen molar-refractivity contribution in [3.63, 3.8) is 0 Å². The van der Waals surface area contributed by atoms with Gasteiger partial charge in [-0.25, -0.2) is 15.0 Å². The lowest BCUT2D eigenvalue weighted by Gasteiger charge is -2.19. The van der Waals surface area contributed by atoms with Gasteiger partial charge in [-0.1, -0.05) is 159 Å². The highest BCUT2D eigenvalue weighted by atomic mass is 28.3. The van der Waals surface area contributed by atoms with Gasteiger partial charge in [-0.05, 0) is 60.2 Å². The molecule has 3 nitrogen and oxygen atoms in total. The lowest BCUT2D eigenvalue weighted by molar-refractivity contribution is 1.07. The average Bonchev–Trinajstić information content (AvgIpc) is 3.36. The average molecular weight is 618 g/mol. The fourth-order valence-corrected chi connectivity index (χ4v) is 10.4. The van der Waals surface area contributed by atoms with Crippen molar-refractivity contribution < 1.29 is 0 Å². The summed E-state index contributed by atoms with van der Waals surface area (Å²) in [6, 6.07) is 54.0. The summed E-state index contributed by atoms with van der Waals surface area (Å²) in [7, 11) is -1.95. The quantitative estimate of drug-likeness (QED) is 0.185. The monoisotopic (exact) mass is 617 g/mol. The van der Waals surface area contributed by atoms with Crippen molar-refractivity contribution in [3.05, 3.63) is 152 Å². The van der Waals surface area contributed by atoms with Gasteiger partial charge in [0.1, 0.15) is 8.07 Å². The van der Waals surface area contributed by atoms with Gasteiger partial charge in [-0.2, -0.15) is 0 Å². The van der Waals surface area contributed by atoms with Gasteiger partial charge in [0, 0.05) is 16.7 Å². The maximum absolute atomic E-state index is 5.21. The van der Waals surface area contributed by atoms with E-state index in [9.17, 15) is 0 Å². The van der Waals surface area contributed by atoms with E-state index in [1.54, 1.807) is 0 Å². The zero-order valence-corrected chi connectivity index (χ0v) is 27.3. The fourth-order valence-electron chi connectivity index (χ4n) is 7.28. The van der Waals surface area contributed by atoms with Crippen LogP contribution in [0.2, 0.25) is 13.1 Å². The summed E-state index contributed by atoms with van der Waals surface area (Å²) in [5.41, 5.74) is 7.96. The summed E-state index contributed by atoms with van der Waals surface area (Å²) in [6.07, 6.45) is 0. The van der Waals surface area contributed by atoms with Crippen LogP contribution in [0, 0.1) is 0 Å². The second kappa shape index (κ2) is 10.7. The lowest BCUT2D eigenvalue weighted by atomic mass is 9.96. The van der Waals surface area contributed by atoms with Crippen molar-refractivity contribution in [2.75, 3.05) is 0 Å². The van der Waals surface area contributed by atoms with Gasteiger partial charge in [-0.3, -0.25) is 0 Å². The lowest BCUT2D eigenvalue weighted by Crippen LogP contribution is -2.49. The molecular formula is C43H31N3Si. The van der Waals surface area contributed by atoms with Gasteiger partial charge >= 0.3 is 0 Å². The van der Waals surface area contributed by atoms with Crippen molar-refractivity contribution in [1.29, 1.82) is 0 Å². The molecule has 4 heteroatoms. The maximum atomic E-state index is 5.21. The standard InChI is InChI=1S/C43H31N3Si/c1-47(2)38-21-11-20-36(40(38)37-26-32-15-6-7-16-33(32)27-39(37)47)43-45-41(30-13-4-3-5-14-30)44-42(46-43)31-24-22-29(23-25-31)35-19-10-17-28-12-8-9-18-34(28)35/h3-27H,1-2H3. The van der Waals surface area contributed by atoms with Crippen LogP contribution in [0.4, 0.5) is 0 Å². The number of rotatable bonds is 4. The largest absolute Gasteiger partial charge is 0.208 e. The molecule has 9 rings (SSSR count). The van der Waals surface area contributed by atoms with E-state index >= 15 is 0 Å². The van der Waals surface area contributed by atoms with Crippen LogP contribution in [0.25, 0.3) is 78.0 Å². The molecule has 7 aromatic carbocycles. The molecule has 0 amide bonds. The topological polar surface area (TPSA) is 38.7 Å². The number of hydrogen-bond donors (Lipinski definition) is 0. The summed E-state index contributed by atoms with van der Waals surface area (Å²) in [6.45, 7) is 4.92. The molecule has 47 heavy (non-hydrogen) atoms. The van der Waals surface area contributed by atoms with Crippen LogP contribution in [0.1, 0.15) is 0 Å². The van der Waals surface area contributed by atoms with Crippen molar-refractivity contribution in [2.24, 2.45) is 0 Å². The number of aromatic nitrogens is 3. The molecule has 1 aliphatic heterocycles. The van der Waals surface area contributed by atoms with Crippen molar-refractivity contribution in [2.45, 2.75) is 13.1 Å². The molecule has 0 bridgehead atoms. The molecule has 0 atom stereocenters. The number of fused-ring (bicyclic) bond motifs is 5. The minimum atomic E-state index is -1.95. The van der Waals surface area contributed by atoms with Crippen LogP contribution in [0.3, 0.4) is 0 Å². The molecule has 0 fully saturated rings. The Morgan fingerprint density at radius 2 is 0.936 bits per heavy atom. The van der Waals surface area contributed by atoms with E-state index in [1.807, 2.05) is 18.2 Å². The first-order chi connectivity index (χ1) is 23.0. The molecule has 0 saturated carbocycles. The van der Waals surface area contributed by atoms with Crippen molar-refractivity contribution in [1.82, 2.24) is 15.0 Å². The van der Waals surface area contributed by atoms with Gasteiger partial charge in [0.2, 0.25) is 0 Å². The molecule has 0 spiro atoms. The Labute approximate surface area is 275 Å². The van der Waals surface area contributed by atoms with Crippen LogP contribution < -0.4 is 10.4 Å². The van der Waals surface area contributed by atoms with Crippen LogP contribution >= 0.6 is 0 Å². The first-order valence-corrected chi connectivity index (χ1v) is 19.1. The van der Waals surface area contributed by atoms with E-state index < -0.39 is 8.07 Å². The van der Waals surface area contributed by atoms with E-state index in [2.05, 4.69) is 147 Å². The third-order valence-electron chi connectivity index (χ3n) is 9.72. The SMILES string of the molecule is C[Si]1(C)c2cc3ccccc3cc2-c2c(-c3nc(-c4ccccc4)nc(-c4ccc(-c5cccc6ccccc56)cc4)n3)cccc21. The Morgan fingerprint density at radius 1 is 0.383 bits per heavy atom. The summed E-state index contributed by atoms with van der Waals surface area (Å²) in [4.78, 5) is 15.4. The van der Waals surface area contributed by atoms with Crippen molar-refractivity contribution in [3.8, 4) is 56.4 Å². The molecule has 8 aromatic rings. The zero-order chi connectivity index (χ0) is 31.5. The molecule has 2 heterocycles. The van der Waals surface area contributed by atoms with E-state index in [0.717, 1.165) is 16.7 Å². The van der Waals surface area contributed by atoms with E-state index in [-0.39, 0.29) is 0 Å². The van der Waals surface area contributed by atoms with E-state index in [4.69, 9.17) is 15.0 Å². The highest BCUT2D eigenvalue weighted by molar-refractivity contribution is 7.04. The third-order valence-corrected chi connectivity index (χ3v) is 13.2. The van der Waals surface area contributed by atoms with Gasteiger partial charge in [0.25, 0.3) is 0 Å². The maximum Gasteiger partial charge on any atom is 0.164 e. The van der Waals surface area contributed by atoms with E-state index in [1.165, 1.54) is 54.2 Å². The summed E-state index contributed by atoms with van der Waals surface area (Å²) in [5.74, 6) is 2.05. The Morgan fingerprint density at radius 3 is 1.70 bits per heavy atom. The molecule has 0 unspecified atom stereocenters. The van der Waals surface area contributed by atoms with Gasteiger partial charge in [0.05, 0.1) is 0 Å². The number of benzene rings is 7. The predicted molar refractivity (Wildman–Crippen MR) is 199 cm³/mol. The third kappa shape index (κ3) is 4.52. The summed E-state index contributed by atoms with van der Waals surface area (Å²) < 4.78 is 0. The Balaban J connectivity index is 1.22. The first kappa shape index (κ1) is 27.6.